The van der Waals surface area contributed by atoms with E-state index in [0.29, 0.717) is 28.9 Å². The number of ether oxygens (including phenoxy) is 1. The van der Waals surface area contributed by atoms with Crippen molar-refractivity contribution >= 4 is 16.9 Å². The van der Waals surface area contributed by atoms with Crippen LogP contribution in [0.1, 0.15) is 33.3 Å². The van der Waals surface area contributed by atoms with Gasteiger partial charge in [-0.1, -0.05) is 54.6 Å². The van der Waals surface area contributed by atoms with Crippen molar-refractivity contribution in [2.24, 2.45) is 0 Å². The first-order valence-corrected chi connectivity index (χ1v) is 9.34. The van der Waals surface area contributed by atoms with Crippen LogP contribution in [0.4, 0.5) is 0 Å². The third-order valence-corrected chi connectivity index (χ3v) is 5.04. The van der Waals surface area contributed by atoms with Gasteiger partial charge in [-0.05, 0) is 35.4 Å². The van der Waals surface area contributed by atoms with Gasteiger partial charge >= 0.3 is 0 Å². The lowest BCUT2D eigenvalue weighted by Crippen LogP contribution is -2.21. The molecule has 1 aliphatic rings. The van der Waals surface area contributed by atoms with Crippen LogP contribution in [0.3, 0.4) is 0 Å². The van der Waals surface area contributed by atoms with Crippen LogP contribution in [0.25, 0.3) is 11.0 Å². The van der Waals surface area contributed by atoms with Gasteiger partial charge < -0.3 is 14.5 Å². The van der Waals surface area contributed by atoms with Crippen molar-refractivity contribution in [3.05, 3.63) is 112 Å². The van der Waals surface area contributed by atoms with Gasteiger partial charge in [-0.15, -0.1) is 0 Å². The third-order valence-electron chi connectivity index (χ3n) is 5.04. The summed E-state index contributed by atoms with van der Waals surface area (Å²) in [7, 11) is 0. The van der Waals surface area contributed by atoms with Crippen LogP contribution in [0.15, 0.2) is 88.1 Å². The lowest BCUT2D eigenvalue weighted by Gasteiger charge is -2.13. The Kier molecular flexibility index (Phi) is 4.13. The number of benzene rings is 3. The zero-order chi connectivity index (χ0) is 19.8. The number of carbonyl (C=O) groups is 1. The third kappa shape index (κ3) is 3.06. The maximum Gasteiger partial charge on any atom is 0.288 e. The van der Waals surface area contributed by atoms with Gasteiger partial charge in [0.1, 0.15) is 17.9 Å². The smallest absolute Gasteiger partial charge is 0.288 e. The Morgan fingerprint density at radius 2 is 1.69 bits per heavy atom. The highest BCUT2D eigenvalue weighted by Gasteiger charge is 2.35. The minimum absolute atomic E-state index is 0.0781. The molecule has 142 valence electrons. The van der Waals surface area contributed by atoms with E-state index in [9.17, 15) is 9.59 Å². The average Bonchev–Trinajstić information content (AvgIpc) is 3.10. The largest absolute Gasteiger partial charge is 0.489 e. The molecule has 0 saturated heterocycles. The summed E-state index contributed by atoms with van der Waals surface area (Å²) in [5.41, 5.74) is 2.39. The molecule has 1 unspecified atom stereocenters. The van der Waals surface area contributed by atoms with E-state index in [4.69, 9.17) is 9.15 Å². The normalized spacial score (nSPS) is 15.2. The molecule has 1 aromatic heterocycles. The molecule has 1 aliphatic heterocycles. The van der Waals surface area contributed by atoms with Gasteiger partial charge in [0, 0.05) is 0 Å². The summed E-state index contributed by atoms with van der Waals surface area (Å²) in [5.74, 6) is 0.358. The fourth-order valence-corrected chi connectivity index (χ4v) is 3.63. The number of hydrogen-bond acceptors (Lipinski definition) is 4. The molecule has 0 aliphatic carbocycles. The summed E-state index contributed by atoms with van der Waals surface area (Å²) < 4.78 is 11.6. The molecule has 1 atom stereocenters. The van der Waals surface area contributed by atoms with E-state index >= 15 is 0 Å². The first kappa shape index (κ1) is 17.3. The molecular weight excluding hydrogens is 366 g/mol. The van der Waals surface area contributed by atoms with Crippen molar-refractivity contribution in [1.82, 2.24) is 5.32 Å². The molecule has 5 nitrogen and oxygen atoms in total. The standard InChI is InChI=1S/C24H17NO4/c26-22-18-11-4-5-12-19(18)29-23-20(22)21(25-24(23)27)16-9-6-10-17(13-16)28-14-15-7-2-1-3-8-15/h1-13,21H,14H2,(H,25,27). The van der Waals surface area contributed by atoms with E-state index in [1.807, 2.05) is 54.6 Å². The Morgan fingerprint density at radius 3 is 2.55 bits per heavy atom. The molecule has 5 heteroatoms. The fraction of sp³-hybridized carbons (Fsp3) is 0.0833. The molecule has 0 bridgehead atoms. The summed E-state index contributed by atoms with van der Waals surface area (Å²) in [4.78, 5) is 25.5. The molecule has 1 amide bonds. The predicted molar refractivity (Wildman–Crippen MR) is 109 cm³/mol. The van der Waals surface area contributed by atoms with Crippen LogP contribution in [-0.2, 0) is 6.61 Å². The fourth-order valence-electron chi connectivity index (χ4n) is 3.63. The van der Waals surface area contributed by atoms with Crippen LogP contribution in [0.5, 0.6) is 5.75 Å². The number of carbonyl (C=O) groups excluding carboxylic acids is 1. The minimum atomic E-state index is -0.571. The Labute approximate surface area is 166 Å². The summed E-state index contributed by atoms with van der Waals surface area (Å²) >= 11 is 0. The second kappa shape index (κ2) is 6.95. The Morgan fingerprint density at radius 1 is 0.897 bits per heavy atom. The van der Waals surface area contributed by atoms with Crippen molar-refractivity contribution in [2.75, 3.05) is 0 Å². The van der Waals surface area contributed by atoms with Crippen molar-refractivity contribution < 1.29 is 13.9 Å². The maximum absolute atomic E-state index is 13.1. The van der Waals surface area contributed by atoms with Gasteiger partial charge in [-0.3, -0.25) is 9.59 Å². The Hall–Kier alpha value is -3.86. The van der Waals surface area contributed by atoms with E-state index in [0.717, 1.165) is 11.1 Å². The van der Waals surface area contributed by atoms with Gasteiger partial charge in [0.25, 0.3) is 5.91 Å². The van der Waals surface area contributed by atoms with Crippen molar-refractivity contribution in [1.29, 1.82) is 0 Å². The number of rotatable bonds is 4. The average molecular weight is 383 g/mol. The van der Waals surface area contributed by atoms with Crippen LogP contribution in [0, 0.1) is 0 Å². The van der Waals surface area contributed by atoms with E-state index in [1.165, 1.54) is 0 Å². The van der Waals surface area contributed by atoms with Crippen LogP contribution >= 0.6 is 0 Å². The van der Waals surface area contributed by atoms with Crippen molar-refractivity contribution in [3.8, 4) is 5.75 Å². The number of para-hydroxylation sites is 1. The van der Waals surface area contributed by atoms with Gasteiger partial charge in [0.05, 0.1) is 17.0 Å². The Balaban J connectivity index is 1.51. The molecule has 4 aromatic rings. The molecule has 2 heterocycles. The SMILES string of the molecule is O=C1NC(c2cccc(OCc3ccccc3)c2)c2c1oc1ccccc1c2=O. The van der Waals surface area contributed by atoms with Crippen LogP contribution < -0.4 is 15.5 Å². The first-order valence-electron chi connectivity index (χ1n) is 9.34. The Bertz CT molecular complexity index is 1280. The molecule has 5 rings (SSSR count). The zero-order valence-electron chi connectivity index (χ0n) is 15.4. The molecular formula is C24H17NO4. The molecule has 0 radical (unpaired) electrons. The van der Waals surface area contributed by atoms with E-state index < -0.39 is 6.04 Å². The predicted octanol–water partition coefficient (Wildman–Crippen LogP) is 4.20. The monoisotopic (exact) mass is 383 g/mol. The molecule has 0 spiro atoms. The molecule has 29 heavy (non-hydrogen) atoms. The summed E-state index contributed by atoms with van der Waals surface area (Å²) in [6, 6.07) is 23.7. The summed E-state index contributed by atoms with van der Waals surface area (Å²) in [6.07, 6.45) is 0. The van der Waals surface area contributed by atoms with Gasteiger partial charge in [-0.2, -0.15) is 0 Å². The second-order valence-corrected chi connectivity index (χ2v) is 6.92. The quantitative estimate of drug-likeness (QED) is 0.573. The van der Waals surface area contributed by atoms with Gasteiger partial charge in [0.15, 0.2) is 5.43 Å². The number of hydrogen-bond donors (Lipinski definition) is 1. The molecule has 0 saturated carbocycles. The van der Waals surface area contributed by atoms with E-state index in [1.54, 1.807) is 24.3 Å². The number of nitrogens with one attached hydrogen (secondary N) is 1. The molecule has 0 fully saturated rings. The summed E-state index contributed by atoms with van der Waals surface area (Å²) in [6.45, 7) is 0.435. The van der Waals surface area contributed by atoms with E-state index in [-0.39, 0.29) is 17.1 Å². The maximum atomic E-state index is 13.1. The zero-order valence-corrected chi connectivity index (χ0v) is 15.4. The number of amides is 1. The van der Waals surface area contributed by atoms with Crippen LogP contribution in [-0.4, -0.2) is 5.91 Å². The first-order chi connectivity index (χ1) is 14.2. The number of fused-ring (bicyclic) bond motifs is 2. The van der Waals surface area contributed by atoms with E-state index in [2.05, 4.69) is 5.32 Å². The van der Waals surface area contributed by atoms with Gasteiger partial charge in [-0.25, -0.2) is 0 Å². The minimum Gasteiger partial charge on any atom is -0.489 e. The van der Waals surface area contributed by atoms with Crippen molar-refractivity contribution in [2.45, 2.75) is 12.6 Å². The van der Waals surface area contributed by atoms with Gasteiger partial charge in [0.2, 0.25) is 5.76 Å². The van der Waals surface area contributed by atoms with Crippen molar-refractivity contribution in [3.63, 3.8) is 0 Å². The highest BCUT2D eigenvalue weighted by Crippen LogP contribution is 2.32. The highest BCUT2D eigenvalue weighted by atomic mass is 16.5. The lowest BCUT2D eigenvalue weighted by molar-refractivity contribution is 0.0938. The summed E-state index contributed by atoms with van der Waals surface area (Å²) in [5, 5.41) is 3.33. The second-order valence-electron chi connectivity index (χ2n) is 6.92. The highest BCUT2D eigenvalue weighted by molar-refractivity contribution is 5.98. The molecule has 3 aromatic carbocycles. The lowest BCUT2D eigenvalue weighted by atomic mass is 9.99. The topological polar surface area (TPSA) is 68.5 Å². The molecule has 1 N–H and O–H groups in total. The van der Waals surface area contributed by atoms with Crippen LogP contribution in [0.2, 0.25) is 0 Å².